The Bertz CT molecular complexity index is 575. The topological polar surface area (TPSA) is 51.5 Å². The van der Waals surface area contributed by atoms with Crippen LogP contribution in [0.1, 0.15) is 52.7 Å². The van der Waals surface area contributed by atoms with Crippen LogP contribution < -0.4 is 5.32 Å². The summed E-state index contributed by atoms with van der Waals surface area (Å²) in [6.45, 7) is 9.59. The maximum atomic E-state index is 5.79. The number of aromatic nitrogens is 3. The van der Waals surface area contributed by atoms with Gasteiger partial charge in [0.25, 0.3) is 0 Å². The lowest BCUT2D eigenvalue weighted by molar-refractivity contribution is 0.0943. The molecule has 0 aliphatic carbocycles. The van der Waals surface area contributed by atoms with Crippen LogP contribution in [-0.4, -0.2) is 33.4 Å². The zero-order valence-electron chi connectivity index (χ0n) is 13.2. The molecule has 5 nitrogen and oxygen atoms in total. The van der Waals surface area contributed by atoms with Gasteiger partial charge in [-0.3, -0.25) is 0 Å². The van der Waals surface area contributed by atoms with E-state index in [4.69, 9.17) is 4.74 Å². The molecule has 2 aromatic heterocycles. The molecule has 1 aliphatic rings. The van der Waals surface area contributed by atoms with E-state index in [1.165, 1.54) is 6.42 Å². The van der Waals surface area contributed by atoms with E-state index in [1.54, 1.807) is 11.3 Å². The molecule has 0 radical (unpaired) electrons. The lowest BCUT2D eigenvalue weighted by atomic mass is 9.93. The van der Waals surface area contributed by atoms with Crippen molar-refractivity contribution in [2.45, 2.75) is 64.5 Å². The fourth-order valence-electron chi connectivity index (χ4n) is 2.66. The van der Waals surface area contributed by atoms with Crippen molar-refractivity contribution in [2.24, 2.45) is 0 Å². The van der Waals surface area contributed by atoms with Gasteiger partial charge in [0.2, 0.25) is 10.1 Å². The van der Waals surface area contributed by atoms with Gasteiger partial charge in [-0.1, -0.05) is 39.0 Å². The van der Waals surface area contributed by atoms with Gasteiger partial charge in [-0.25, -0.2) is 9.50 Å². The van der Waals surface area contributed by atoms with Gasteiger partial charge in [0, 0.05) is 12.0 Å². The lowest BCUT2D eigenvalue weighted by Crippen LogP contribution is -2.32. The van der Waals surface area contributed by atoms with Crippen molar-refractivity contribution in [3.63, 3.8) is 0 Å². The van der Waals surface area contributed by atoms with Crippen LogP contribution in [0.25, 0.3) is 4.96 Å². The van der Waals surface area contributed by atoms with Gasteiger partial charge in [-0.2, -0.15) is 0 Å². The summed E-state index contributed by atoms with van der Waals surface area (Å²) < 4.78 is 7.67. The Labute approximate surface area is 129 Å². The van der Waals surface area contributed by atoms with Gasteiger partial charge in [-0.05, 0) is 19.3 Å². The van der Waals surface area contributed by atoms with Crippen molar-refractivity contribution in [3.05, 3.63) is 11.9 Å². The molecule has 1 aliphatic heterocycles. The Kier molecular flexibility index (Phi) is 3.92. The smallest absolute Gasteiger partial charge is 0.214 e. The second-order valence-corrected chi connectivity index (χ2v) is 7.68. The van der Waals surface area contributed by atoms with Crippen molar-refractivity contribution in [1.29, 1.82) is 0 Å². The highest BCUT2D eigenvalue weighted by atomic mass is 32.1. The van der Waals surface area contributed by atoms with Crippen LogP contribution in [0.15, 0.2) is 6.20 Å². The number of anilines is 1. The molecule has 2 aromatic rings. The molecule has 3 rings (SSSR count). The monoisotopic (exact) mass is 308 g/mol. The van der Waals surface area contributed by atoms with E-state index in [1.807, 2.05) is 10.7 Å². The van der Waals surface area contributed by atoms with E-state index in [9.17, 15) is 0 Å². The summed E-state index contributed by atoms with van der Waals surface area (Å²) in [6.07, 6.45) is 5.70. The maximum absolute atomic E-state index is 5.79. The van der Waals surface area contributed by atoms with E-state index in [-0.39, 0.29) is 5.41 Å². The molecule has 1 N–H and O–H groups in total. The molecule has 1 fully saturated rings. The predicted molar refractivity (Wildman–Crippen MR) is 86.2 cm³/mol. The number of hydrogen-bond donors (Lipinski definition) is 1. The third kappa shape index (κ3) is 3.06. The van der Waals surface area contributed by atoms with Crippen molar-refractivity contribution < 1.29 is 4.74 Å². The first-order valence-corrected chi connectivity index (χ1v) is 8.54. The number of nitrogens with zero attached hydrogens (tertiary/aromatic N) is 3. The first kappa shape index (κ1) is 14.8. The fraction of sp³-hybridized carbons (Fsp3) is 0.733. The van der Waals surface area contributed by atoms with Crippen molar-refractivity contribution >= 4 is 21.4 Å². The summed E-state index contributed by atoms with van der Waals surface area (Å²) >= 11 is 1.61. The molecule has 116 valence electrons. The zero-order chi connectivity index (χ0) is 15.0. The normalized spacial score (nSPS) is 21.0. The number of ether oxygens (including phenoxy) is 1. The quantitative estimate of drug-likeness (QED) is 0.940. The Morgan fingerprint density at radius 2 is 2.33 bits per heavy atom. The molecule has 1 saturated heterocycles. The molecule has 6 heteroatoms. The highest BCUT2D eigenvalue weighted by Gasteiger charge is 2.26. The van der Waals surface area contributed by atoms with Crippen LogP contribution in [0.3, 0.4) is 0 Å². The average Bonchev–Trinajstić information content (AvgIpc) is 3.09. The molecule has 2 unspecified atom stereocenters. The van der Waals surface area contributed by atoms with E-state index in [0.29, 0.717) is 12.1 Å². The van der Waals surface area contributed by atoms with E-state index < -0.39 is 0 Å². The minimum absolute atomic E-state index is 0.0602. The molecule has 2 atom stereocenters. The second-order valence-electron chi connectivity index (χ2n) is 6.72. The molecule has 0 aromatic carbocycles. The molecule has 0 spiro atoms. The summed E-state index contributed by atoms with van der Waals surface area (Å²) in [6, 6.07) is 0.338. The Balaban J connectivity index is 1.76. The first-order chi connectivity index (χ1) is 9.97. The summed E-state index contributed by atoms with van der Waals surface area (Å²) in [4.78, 5) is 5.63. The Morgan fingerprint density at radius 1 is 1.52 bits per heavy atom. The standard InChI is InChI=1S/C15H24N4OS/c1-5-10(11-7-6-8-20-11)16-13-18-19-9-12(15(2,3)4)17-14(19)21-13/h9-11H,5-8H2,1-4H3,(H,16,18). The highest BCUT2D eigenvalue weighted by Crippen LogP contribution is 2.27. The average molecular weight is 308 g/mol. The number of nitrogens with one attached hydrogen (secondary N) is 1. The van der Waals surface area contributed by atoms with E-state index in [2.05, 4.69) is 43.1 Å². The number of hydrogen-bond acceptors (Lipinski definition) is 5. The zero-order valence-corrected chi connectivity index (χ0v) is 14.0. The van der Waals surface area contributed by atoms with E-state index >= 15 is 0 Å². The summed E-state index contributed by atoms with van der Waals surface area (Å²) in [7, 11) is 0. The minimum Gasteiger partial charge on any atom is -0.376 e. The molecule has 3 heterocycles. The van der Waals surface area contributed by atoms with Crippen LogP contribution in [0.4, 0.5) is 5.13 Å². The van der Waals surface area contributed by atoms with Crippen LogP contribution >= 0.6 is 11.3 Å². The van der Waals surface area contributed by atoms with Crippen LogP contribution in [0.5, 0.6) is 0 Å². The minimum atomic E-state index is 0.0602. The number of rotatable bonds is 4. The highest BCUT2D eigenvalue weighted by molar-refractivity contribution is 7.20. The molecule has 0 amide bonds. The first-order valence-electron chi connectivity index (χ1n) is 7.72. The fourth-order valence-corrected chi connectivity index (χ4v) is 3.50. The summed E-state index contributed by atoms with van der Waals surface area (Å²) in [5.41, 5.74) is 1.14. The molecule has 0 saturated carbocycles. The number of imidazole rings is 1. The number of fused-ring (bicyclic) bond motifs is 1. The van der Waals surface area contributed by atoms with Gasteiger partial charge in [0.1, 0.15) is 0 Å². The van der Waals surface area contributed by atoms with Crippen LogP contribution in [0, 0.1) is 0 Å². The second kappa shape index (κ2) is 5.57. The molecular weight excluding hydrogens is 284 g/mol. The molecule has 21 heavy (non-hydrogen) atoms. The largest absolute Gasteiger partial charge is 0.376 e. The lowest BCUT2D eigenvalue weighted by Gasteiger charge is -2.22. The SMILES string of the molecule is CCC(Nc1nn2cc(C(C)(C)C)nc2s1)C1CCCO1. The van der Waals surface area contributed by atoms with E-state index in [0.717, 1.165) is 35.2 Å². The predicted octanol–water partition coefficient (Wildman–Crippen LogP) is 3.46. The summed E-state index contributed by atoms with van der Waals surface area (Å²) in [5.74, 6) is 0. The van der Waals surface area contributed by atoms with Crippen molar-refractivity contribution in [2.75, 3.05) is 11.9 Å². The summed E-state index contributed by atoms with van der Waals surface area (Å²) in [5, 5.41) is 9.07. The molecule has 0 bridgehead atoms. The van der Waals surface area contributed by atoms with Gasteiger partial charge in [0.05, 0.1) is 24.0 Å². The van der Waals surface area contributed by atoms with Gasteiger partial charge >= 0.3 is 0 Å². The molecular formula is C15H24N4OS. The Morgan fingerprint density at radius 3 is 2.90 bits per heavy atom. The van der Waals surface area contributed by atoms with Crippen molar-refractivity contribution in [1.82, 2.24) is 14.6 Å². The van der Waals surface area contributed by atoms with Crippen LogP contribution in [-0.2, 0) is 10.2 Å². The maximum Gasteiger partial charge on any atom is 0.214 e. The van der Waals surface area contributed by atoms with Crippen LogP contribution in [0.2, 0.25) is 0 Å². The van der Waals surface area contributed by atoms with Gasteiger partial charge in [0.15, 0.2) is 0 Å². The third-order valence-corrected chi connectivity index (χ3v) is 4.83. The Hall–Kier alpha value is -1.14. The third-order valence-electron chi connectivity index (χ3n) is 3.97. The van der Waals surface area contributed by atoms with Gasteiger partial charge < -0.3 is 10.1 Å². The van der Waals surface area contributed by atoms with Gasteiger partial charge in [-0.15, -0.1) is 5.10 Å². The van der Waals surface area contributed by atoms with Crippen molar-refractivity contribution in [3.8, 4) is 0 Å².